The zero-order chi connectivity index (χ0) is 18.6. The number of amides is 1. The van der Waals surface area contributed by atoms with Crippen molar-refractivity contribution in [1.29, 1.82) is 0 Å². The van der Waals surface area contributed by atoms with Gasteiger partial charge >= 0.3 is 0 Å². The van der Waals surface area contributed by atoms with Crippen LogP contribution in [0.3, 0.4) is 0 Å². The van der Waals surface area contributed by atoms with Crippen molar-refractivity contribution < 1.29 is 13.2 Å². The SMILES string of the molecule is NS(=O)(=O)c1ccc(CNC(=O)c2csc(Nc3cccnc3)n2)cc1. The van der Waals surface area contributed by atoms with Gasteiger partial charge in [-0.3, -0.25) is 9.78 Å². The largest absolute Gasteiger partial charge is 0.347 e. The number of nitrogens with zero attached hydrogens (tertiary/aromatic N) is 2. The summed E-state index contributed by atoms with van der Waals surface area (Å²) in [4.78, 5) is 20.4. The normalized spacial score (nSPS) is 11.1. The lowest BCUT2D eigenvalue weighted by molar-refractivity contribution is 0.0946. The number of nitrogens with two attached hydrogens (primary N) is 1. The van der Waals surface area contributed by atoms with Crippen LogP contribution in [0.5, 0.6) is 0 Å². The summed E-state index contributed by atoms with van der Waals surface area (Å²) in [6.07, 6.45) is 3.33. The van der Waals surface area contributed by atoms with Gasteiger partial charge in [-0.1, -0.05) is 12.1 Å². The van der Waals surface area contributed by atoms with Gasteiger partial charge in [0.2, 0.25) is 10.0 Å². The van der Waals surface area contributed by atoms with E-state index >= 15 is 0 Å². The highest BCUT2D eigenvalue weighted by atomic mass is 32.2. The second kappa shape index (κ2) is 7.60. The van der Waals surface area contributed by atoms with E-state index in [2.05, 4.69) is 20.6 Å². The maximum atomic E-state index is 12.2. The lowest BCUT2D eigenvalue weighted by Gasteiger charge is -2.05. The monoisotopic (exact) mass is 389 g/mol. The number of hydrogen-bond acceptors (Lipinski definition) is 7. The van der Waals surface area contributed by atoms with E-state index in [0.29, 0.717) is 10.8 Å². The minimum Gasteiger partial charge on any atom is -0.347 e. The number of benzene rings is 1. The predicted octanol–water partition coefficient (Wildman–Crippen LogP) is 1.86. The van der Waals surface area contributed by atoms with Crippen molar-refractivity contribution in [2.24, 2.45) is 5.14 Å². The van der Waals surface area contributed by atoms with Gasteiger partial charge in [0.15, 0.2) is 5.13 Å². The van der Waals surface area contributed by atoms with Crippen molar-refractivity contribution in [3.63, 3.8) is 0 Å². The first-order valence-corrected chi connectivity index (χ1v) is 9.87. The second-order valence-electron chi connectivity index (χ2n) is 5.28. The van der Waals surface area contributed by atoms with Crippen LogP contribution in [0.4, 0.5) is 10.8 Å². The van der Waals surface area contributed by atoms with E-state index in [1.807, 2.05) is 6.07 Å². The molecule has 10 heteroatoms. The van der Waals surface area contributed by atoms with Crippen LogP contribution in [-0.2, 0) is 16.6 Å². The molecule has 3 rings (SSSR count). The Morgan fingerprint density at radius 3 is 2.62 bits per heavy atom. The number of thiazole rings is 1. The third-order valence-electron chi connectivity index (χ3n) is 3.35. The van der Waals surface area contributed by atoms with Crippen molar-refractivity contribution in [1.82, 2.24) is 15.3 Å². The number of carbonyl (C=O) groups excluding carboxylic acids is 1. The highest BCUT2D eigenvalue weighted by Gasteiger charge is 2.11. The highest BCUT2D eigenvalue weighted by molar-refractivity contribution is 7.89. The number of primary sulfonamides is 1. The zero-order valence-electron chi connectivity index (χ0n) is 13.4. The van der Waals surface area contributed by atoms with Gasteiger partial charge in [-0.15, -0.1) is 11.3 Å². The molecule has 1 aromatic carbocycles. The molecule has 0 atom stereocenters. The third kappa shape index (κ3) is 4.63. The number of rotatable bonds is 6. The predicted molar refractivity (Wildman–Crippen MR) is 98.6 cm³/mol. The molecule has 26 heavy (non-hydrogen) atoms. The van der Waals surface area contributed by atoms with Crippen molar-refractivity contribution in [2.45, 2.75) is 11.4 Å². The van der Waals surface area contributed by atoms with Crippen molar-refractivity contribution in [3.05, 3.63) is 65.4 Å². The molecule has 1 amide bonds. The lowest BCUT2D eigenvalue weighted by atomic mass is 10.2. The van der Waals surface area contributed by atoms with Crippen LogP contribution in [0.2, 0.25) is 0 Å². The fourth-order valence-corrected chi connectivity index (χ4v) is 3.29. The molecule has 3 aromatic rings. The van der Waals surface area contributed by atoms with Gasteiger partial charge in [-0.2, -0.15) is 0 Å². The molecular formula is C16H15N5O3S2. The molecule has 0 unspecified atom stereocenters. The van der Waals surface area contributed by atoms with E-state index in [0.717, 1.165) is 11.3 Å². The minimum absolute atomic E-state index is 0.0261. The third-order valence-corrected chi connectivity index (χ3v) is 5.04. The molecule has 0 saturated carbocycles. The van der Waals surface area contributed by atoms with Crippen LogP contribution in [0.1, 0.15) is 16.1 Å². The van der Waals surface area contributed by atoms with Crippen LogP contribution in [0.25, 0.3) is 0 Å². The standard InChI is InChI=1S/C16H15N5O3S2/c17-26(23,24)13-5-3-11(4-6-13)8-19-15(22)14-10-25-16(21-14)20-12-2-1-7-18-9-12/h1-7,9-10H,8H2,(H,19,22)(H,20,21)(H2,17,23,24). The molecule has 0 fully saturated rings. The molecule has 0 saturated heterocycles. The summed E-state index contributed by atoms with van der Waals surface area (Å²) in [6.45, 7) is 0.243. The molecule has 0 aliphatic rings. The van der Waals surface area contributed by atoms with Gasteiger partial charge in [0.25, 0.3) is 5.91 Å². The van der Waals surface area contributed by atoms with Gasteiger partial charge in [0.1, 0.15) is 5.69 Å². The second-order valence-corrected chi connectivity index (χ2v) is 7.70. The van der Waals surface area contributed by atoms with E-state index in [4.69, 9.17) is 5.14 Å². The number of hydrogen-bond donors (Lipinski definition) is 3. The maximum absolute atomic E-state index is 12.2. The minimum atomic E-state index is -3.72. The topological polar surface area (TPSA) is 127 Å². The molecule has 2 heterocycles. The summed E-state index contributed by atoms with van der Waals surface area (Å²) in [7, 11) is -3.72. The summed E-state index contributed by atoms with van der Waals surface area (Å²) < 4.78 is 22.4. The Labute approximate surface area is 154 Å². The Balaban J connectivity index is 1.58. The van der Waals surface area contributed by atoms with Crippen LogP contribution < -0.4 is 15.8 Å². The molecule has 4 N–H and O–H groups in total. The Bertz CT molecular complexity index is 1000. The van der Waals surface area contributed by atoms with Crippen LogP contribution >= 0.6 is 11.3 Å². The van der Waals surface area contributed by atoms with Gasteiger partial charge in [-0.05, 0) is 29.8 Å². The van der Waals surface area contributed by atoms with Crippen LogP contribution in [0.15, 0.2) is 59.1 Å². The van der Waals surface area contributed by atoms with E-state index in [-0.39, 0.29) is 17.3 Å². The first-order valence-electron chi connectivity index (χ1n) is 7.44. The molecule has 8 nitrogen and oxygen atoms in total. The Morgan fingerprint density at radius 1 is 1.19 bits per heavy atom. The average Bonchev–Trinajstić information content (AvgIpc) is 3.09. The van der Waals surface area contributed by atoms with Crippen molar-refractivity contribution in [2.75, 3.05) is 5.32 Å². The molecular weight excluding hydrogens is 374 g/mol. The fraction of sp³-hybridized carbons (Fsp3) is 0.0625. The Hall–Kier alpha value is -2.82. The average molecular weight is 389 g/mol. The van der Waals surface area contributed by atoms with Crippen molar-refractivity contribution in [3.8, 4) is 0 Å². The molecule has 0 radical (unpaired) electrons. The number of pyridine rings is 1. The van der Waals surface area contributed by atoms with E-state index in [1.54, 1.807) is 36.0 Å². The highest BCUT2D eigenvalue weighted by Crippen LogP contribution is 2.20. The number of carbonyl (C=O) groups is 1. The Morgan fingerprint density at radius 2 is 1.96 bits per heavy atom. The zero-order valence-corrected chi connectivity index (χ0v) is 15.0. The molecule has 134 valence electrons. The fourth-order valence-electron chi connectivity index (χ4n) is 2.07. The Kier molecular flexibility index (Phi) is 5.26. The van der Waals surface area contributed by atoms with Gasteiger partial charge in [-0.25, -0.2) is 18.5 Å². The number of sulfonamides is 1. The quantitative estimate of drug-likeness (QED) is 0.590. The van der Waals surface area contributed by atoms with Crippen molar-refractivity contribution >= 4 is 38.1 Å². The summed E-state index contributed by atoms with van der Waals surface area (Å²) in [5.41, 5.74) is 1.82. The van der Waals surface area contributed by atoms with E-state index < -0.39 is 10.0 Å². The molecule has 0 spiro atoms. The first kappa shape index (κ1) is 18.0. The number of anilines is 2. The number of nitrogens with one attached hydrogen (secondary N) is 2. The number of aromatic nitrogens is 2. The molecule has 0 aliphatic heterocycles. The van der Waals surface area contributed by atoms with Gasteiger partial charge in [0, 0.05) is 18.1 Å². The molecule has 0 bridgehead atoms. The molecule has 2 aromatic heterocycles. The van der Waals surface area contributed by atoms with E-state index in [1.165, 1.54) is 23.5 Å². The first-order chi connectivity index (χ1) is 12.4. The smallest absolute Gasteiger partial charge is 0.271 e. The van der Waals surface area contributed by atoms with Gasteiger partial charge < -0.3 is 10.6 Å². The lowest BCUT2D eigenvalue weighted by Crippen LogP contribution is -2.23. The summed E-state index contributed by atoms with van der Waals surface area (Å²) in [5.74, 6) is -0.323. The molecule has 0 aliphatic carbocycles. The van der Waals surface area contributed by atoms with Crippen LogP contribution in [-0.4, -0.2) is 24.3 Å². The van der Waals surface area contributed by atoms with E-state index in [9.17, 15) is 13.2 Å². The maximum Gasteiger partial charge on any atom is 0.271 e. The summed E-state index contributed by atoms with van der Waals surface area (Å²) in [5, 5.41) is 13.1. The van der Waals surface area contributed by atoms with Gasteiger partial charge in [0.05, 0.1) is 16.8 Å². The summed E-state index contributed by atoms with van der Waals surface area (Å²) >= 11 is 1.31. The van der Waals surface area contributed by atoms with Crippen LogP contribution in [0, 0.1) is 0 Å². The summed E-state index contributed by atoms with van der Waals surface area (Å²) in [6, 6.07) is 9.63.